The van der Waals surface area contributed by atoms with Crippen molar-refractivity contribution in [3.8, 4) is 0 Å². The first-order valence-electron chi connectivity index (χ1n) is 5.64. The van der Waals surface area contributed by atoms with E-state index in [4.69, 9.17) is 5.73 Å². The van der Waals surface area contributed by atoms with E-state index in [0.29, 0.717) is 5.56 Å². The van der Waals surface area contributed by atoms with Crippen molar-refractivity contribution >= 4 is 10.9 Å². The standard InChI is InChI=1S/C13H17FN2/c1-3-10(15)7-11-6-9-4-5-12(14)8(2)13(9)16-11/h4-6,10,16H,3,7,15H2,1-2H3. The first-order chi connectivity index (χ1) is 7.61. The first-order valence-corrected chi connectivity index (χ1v) is 5.64. The second-order valence-corrected chi connectivity index (χ2v) is 4.30. The van der Waals surface area contributed by atoms with Crippen molar-refractivity contribution in [2.75, 3.05) is 0 Å². The van der Waals surface area contributed by atoms with Crippen LogP contribution in [0.3, 0.4) is 0 Å². The van der Waals surface area contributed by atoms with E-state index in [1.54, 1.807) is 13.0 Å². The molecule has 0 bridgehead atoms. The zero-order valence-corrected chi connectivity index (χ0v) is 9.68. The topological polar surface area (TPSA) is 41.8 Å². The molecule has 1 unspecified atom stereocenters. The van der Waals surface area contributed by atoms with E-state index >= 15 is 0 Å². The molecule has 2 nitrogen and oxygen atoms in total. The molecule has 3 heteroatoms. The highest BCUT2D eigenvalue weighted by Gasteiger charge is 2.08. The Labute approximate surface area is 94.7 Å². The molecule has 0 saturated heterocycles. The quantitative estimate of drug-likeness (QED) is 0.820. The van der Waals surface area contributed by atoms with Crippen LogP contribution in [-0.4, -0.2) is 11.0 Å². The number of aromatic amines is 1. The number of nitrogens with two attached hydrogens (primary N) is 1. The van der Waals surface area contributed by atoms with Gasteiger partial charge in [0.2, 0.25) is 0 Å². The first kappa shape index (κ1) is 11.1. The lowest BCUT2D eigenvalue weighted by Crippen LogP contribution is -2.21. The van der Waals surface area contributed by atoms with Crippen LogP contribution in [0.15, 0.2) is 18.2 Å². The summed E-state index contributed by atoms with van der Waals surface area (Å²) in [7, 11) is 0. The van der Waals surface area contributed by atoms with Gasteiger partial charge in [-0.1, -0.05) is 6.92 Å². The molecule has 0 spiro atoms. The van der Waals surface area contributed by atoms with Gasteiger partial charge < -0.3 is 10.7 Å². The second kappa shape index (κ2) is 4.26. The average molecular weight is 220 g/mol. The smallest absolute Gasteiger partial charge is 0.128 e. The molecule has 0 saturated carbocycles. The Morgan fingerprint density at radius 3 is 2.88 bits per heavy atom. The van der Waals surface area contributed by atoms with Gasteiger partial charge in [0.05, 0.1) is 5.52 Å². The molecule has 0 aliphatic carbocycles. The fourth-order valence-electron chi connectivity index (χ4n) is 1.91. The molecule has 0 amide bonds. The van der Waals surface area contributed by atoms with Gasteiger partial charge in [-0.2, -0.15) is 0 Å². The van der Waals surface area contributed by atoms with Gasteiger partial charge in [0.15, 0.2) is 0 Å². The average Bonchev–Trinajstić information content (AvgIpc) is 2.67. The van der Waals surface area contributed by atoms with E-state index < -0.39 is 0 Å². The van der Waals surface area contributed by atoms with E-state index in [1.807, 2.05) is 0 Å². The summed E-state index contributed by atoms with van der Waals surface area (Å²) in [6, 6.07) is 5.53. The van der Waals surface area contributed by atoms with Gasteiger partial charge in [0.1, 0.15) is 5.82 Å². The Morgan fingerprint density at radius 1 is 1.44 bits per heavy atom. The van der Waals surface area contributed by atoms with E-state index in [9.17, 15) is 4.39 Å². The Bertz CT molecular complexity index is 502. The molecule has 16 heavy (non-hydrogen) atoms. The third-order valence-corrected chi connectivity index (χ3v) is 3.05. The van der Waals surface area contributed by atoms with Crippen LogP contribution >= 0.6 is 0 Å². The lowest BCUT2D eigenvalue weighted by Gasteiger charge is -2.05. The second-order valence-electron chi connectivity index (χ2n) is 4.30. The molecule has 1 heterocycles. The van der Waals surface area contributed by atoms with Crippen LogP contribution in [0.5, 0.6) is 0 Å². The van der Waals surface area contributed by atoms with Crippen molar-refractivity contribution in [1.82, 2.24) is 4.98 Å². The molecule has 0 aliphatic heterocycles. The molecular weight excluding hydrogens is 203 g/mol. The highest BCUT2D eigenvalue weighted by atomic mass is 19.1. The number of hydrogen-bond donors (Lipinski definition) is 2. The minimum Gasteiger partial charge on any atom is -0.358 e. The number of benzene rings is 1. The van der Waals surface area contributed by atoms with E-state index in [-0.39, 0.29) is 11.9 Å². The largest absolute Gasteiger partial charge is 0.358 e. The van der Waals surface area contributed by atoms with Crippen LogP contribution in [-0.2, 0) is 6.42 Å². The summed E-state index contributed by atoms with van der Waals surface area (Å²) in [4.78, 5) is 3.25. The summed E-state index contributed by atoms with van der Waals surface area (Å²) in [5.41, 5.74) is 8.54. The molecule has 1 aromatic heterocycles. The van der Waals surface area contributed by atoms with Crippen molar-refractivity contribution in [2.24, 2.45) is 5.73 Å². The molecule has 2 rings (SSSR count). The SMILES string of the molecule is CCC(N)Cc1cc2ccc(F)c(C)c2[nH]1. The minimum atomic E-state index is -0.166. The zero-order valence-electron chi connectivity index (χ0n) is 9.68. The molecule has 2 aromatic rings. The summed E-state index contributed by atoms with van der Waals surface area (Å²) < 4.78 is 13.3. The maximum absolute atomic E-state index is 13.3. The van der Waals surface area contributed by atoms with Crippen LogP contribution in [0.4, 0.5) is 4.39 Å². The highest BCUT2D eigenvalue weighted by Crippen LogP contribution is 2.22. The summed E-state index contributed by atoms with van der Waals surface area (Å²) >= 11 is 0. The van der Waals surface area contributed by atoms with Gasteiger partial charge in [-0.3, -0.25) is 0 Å². The number of H-pyrrole nitrogens is 1. The minimum absolute atomic E-state index is 0.165. The van der Waals surface area contributed by atoms with E-state index in [0.717, 1.165) is 29.4 Å². The van der Waals surface area contributed by atoms with Gasteiger partial charge in [0, 0.05) is 29.1 Å². The summed E-state index contributed by atoms with van der Waals surface area (Å²) in [6.07, 6.45) is 1.76. The number of rotatable bonds is 3. The number of aromatic nitrogens is 1. The molecule has 0 fully saturated rings. The molecule has 3 N–H and O–H groups in total. The highest BCUT2D eigenvalue weighted by molar-refractivity contribution is 5.83. The molecule has 86 valence electrons. The van der Waals surface area contributed by atoms with Gasteiger partial charge >= 0.3 is 0 Å². The number of hydrogen-bond acceptors (Lipinski definition) is 1. The number of halogens is 1. The molecule has 0 radical (unpaired) electrons. The van der Waals surface area contributed by atoms with Crippen LogP contribution in [0.25, 0.3) is 10.9 Å². The maximum Gasteiger partial charge on any atom is 0.128 e. The Kier molecular flexibility index (Phi) is 2.97. The summed E-state index contributed by atoms with van der Waals surface area (Å²) in [5.74, 6) is -0.166. The van der Waals surface area contributed by atoms with Gasteiger partial charge in [-0.25, -0.2) is 4.39 Å². The van der Waals surface area contributed by atoms with Crippen molar-refractivity contribution in [3.63, 3.8) is 0 Å². The van der Waals surface area contributed by atoms with Crippen LogP contribution in [0.1, 0.15) is 24.6 Å². The van der Waals surface area contributed by atoms with Crippen LogP contribution in [0, 0.1) is 12.7 Å². The normalized spacial score (nSPS) is 13.2. The predicted molar refractivity (Wildman–Crippen MR) is 65.0 cm³/mol. The van der Waals surface area contributed by atoms with Crippen molar-refractivity contribution < 1.29 is 4.39 Å². The summed E-state index contributed by atoms with van der Waals surface area (Å²) in [6.45, 7) is 3.86. The monoisotopic (exact) mass is 220 g/mol. The Hall–Kier alpha value is -1.35. The predicted octanol–water partition coefficient (Wildman–Crippen LogP) is 2.90. The van der Waals surface area contributed by atoms with Crippen LogP contribution < -0.4 is 5.73 Å². The van der Waals surface area contributed by atoms with Gasteiger partial charge in [-0.05, 0) is 31.5 Å². The molecule has 1 atom stereocenters. The van der Waals surface area contributed by atoms with Crippen molar-refractivity contribution in [1.29, 1.82) is 0 Å². The molecular formula is C13H17FN2. The third-order valence-electron chi connectivity index (χ3n) is 3.05. The van der Waals surface area contributed by atoms with Gasteiger partial charge in [0.25, 0.3) is 0 Å². The summed E-state index contributed by atoms with van der Waals surface area (Å²) in [5, 5.41) is 1.05. The number of aryl methyl sites for hydroxylation is 1. The molecule has 1 aromatic carbocycles. The maximum atomic E-state index is 13.3. The van der Waals surface area contributed by atoms with Gasteiger partial charge in [-0.15, -0.1) is 0 Å². The molecule has 0 aliphatic rings. The third kappa shape index (κ3) is 1.95. The fourth-order valence-corrected chi connectivity index (χ4v) is 1.91. The number of nitrogens with one attached hydrogen (secondary N) is 1. The van der Waals surface area contributed by atoms with E-state index in [2.05, 4.69) is 18.0 Å². The Balaban J connectivity index is 2.40. The van der Waals surface area contributed by atoms with Crippen molar-refractivity contribution in [2.45, 2.75) is 32.7 Å². The lowest BCUT2D eigenvalue weighted by atomic mass is 10.1. The zero-order chi connectivity index (χ0) is 11.7. The van der Waals surface area contributed by atoms with E-state index in [1.165, 1.54) is 6.07 Å². The lowest BCUT2D eigenvalue weighted by molar-refractivity contribution is 0.620. The van der Waals surface area contributed by atoms with Crippen molar-refractivity contribution in [3.05, 3.63) is 35.3 Å². The van der Waals surface area contributed by atoms with Crippen LogP contribution in [0.2, 0.25) is 0 Å². The number of fused-ring (bicyclic) bond motifs is 1. The Morgan fingerprint density at radius 2 is 2.19 bits per heavy atom. The fraction of sp³-hybridized carbons (Fsp3) is 0.385.